The average Bonchev–Trinajstić information content (AvgIpc) is 2.41. The molecule has 4 nitrogen and oxygen atoms in total. The summed E-state index contributed by atoms with van der Waals surface area (Å²) in [5.41, 5.74) is 1.63. The van der Waals surface area contributed by atoms with Gasteiger partial charge in [0, 0.05) is 30.2 Å². The molecule has 1 amide bonds. The second-order valence-corrected chi connectivity index (χ2v) is 6.33. The molecule has 0 atom stereocenters. The van der Waals surface area contributed by atoms with Crippen LogP contribution in [0.4, 0.5) is 0 Å². The first-order chi connectivity index (χ1) is 9.86. The maximum atomic E-state index is 12.0. The minimum Gasteiger partial charge on any atom is -0.369 e. The van der Waals surface area contributed by atoms with Crippen LogP contribution >= 0.6 is 11.6 Å². The third-order valence-electron chi connectivity index (χ3n) is 3.27. The van der Waals surface area contributed by atoms with Gasteiger partial charge in [-0.25, -0.2) is 4.98 Å². The summed E-state index contributed by atoms with van der Waals surface area (Å²) in [4.78, 5) is 18.2. The van der Waals surface area contributed by atoms with Crippen molar-refractivity contribution in [2.24, 2.45) is 0 Å². The summed E-state index contributed by atoms with van der Waals surface area (Å²) in [6, 6.07) is 3.58. The minimum atomic E-state index is -0.0926. The van der Waals surface area contributed by atoms with Crippen molar-refractivity contribution in [2.45, 2.75) is 32.7 Å². The molecule has 1 aromatic rings. The Morgan fingerprint density at radius 1 is 1.48 bits per heavy atom. The van der Waals surface area contributed by atoms with E-state index in [1.54, 1.807) is 18.3 Å². The van der Waals surface area contributed by atoms with E-state index in [9.17, 15) is 4.79 Å². The lowest BCUT2D eigenvalue weighted by atomic mass is 10.1. The van der Waals surface area contributed by atoms with E-state index in [2.05, 4.69) is 36.0 Å². The number of nitrogens with zero attached hydrogens (tertiary/aromatic N) is 2. The van der Waals surface area contributed by atoms with E-state index < -0.39 is 0 Å². The van der Waals surface area contributed by atoms with Crippen LogP contribution in [-0.2, 0) is 11.2 Å². The molecule has 2 rings (SSSR count). The zero-order chi connectivity index (χ0) is 15.5. The molecule has 0 aliphatic carbocycles. The molecule has 0 spiro atoms. The fourth-order valence-corrected chi connectivity index (χ4v) is 2.20. The van der Waals surface area contributed by atoms with Gasteiger partial charge in [-0.05, 0) is 44.6 Å². The number of nitrogens with one attached hydrogen (secondary N) is 1. The largest absolute Gasteiger partial charge is 0.369 e. The van der Waals surface area contributed by atoms with Crippen molar-refractivity contribution in [3.63, 3.8) is 0 Å². The van der Waals surface area contributed by atoms with Crippen molar-refractivity contribution in [1.82, 2.24) is 15.2 Å². The van der Waals surface area contributed by atoms with Crippen LogP contribution in [0.3, 0.4) is 0 Å². The number of carbonyl (C=O) groups excluding carboxylic acids is 1. The molecule has 21 heavy (non-hydrogen) atoms. The lowest BCUT2D eigenvalue weighted by Gasteiger charge is -2.35. The van der Waals surface area contributed by atoms with Crippen molar-refractivity contribution in [1.29, 1.82) is 0 Å². The Morgan fingerprint density at radius 3 is 2.81 bits per heavy atom. The molecule has 2 heterocycles. The van der Waals surface area contributed by atoms with Gasteiger partial charge in [-0.3, -0.25) is 4.79 Å². The Hall–Kier alpha value is -1.81. The van der Waals surface area contributed by atoms with Gasteiger partial charge < -0.3 is 10.2 Å². The molecule has 0 radical (unpaired) electrons. The SMILES string of the molecule is CC(C)(C)N1C=CC(NC(=O)Cc2cccnc2Cl)=CC1. The van der Waals surface area contributed by atoms with Crippen molar-refractivity contribution in [3.8, 4) is 0 Å². The monoisotopic (exact) mass is 305 g/mol. The molecule has 112 valence electrons. The lowest BCUT2D eigenvalue weighted by Crippen LogP contribution is -2.39. The topological polar surface area (TPSA) is 45.2 Å². The van der Waals surface area contributed by atoms with Crippen LogP contribution in [0.5, 0.6) is 0 Å². The maximum Gasteiger partial charge on any atom is 0.228 e. The third kappa shape index (κ3) is 4.33. The fourth-order valence-electron chi connectivity index (χ4n) is 2.02. The van der Waals surface area contributed by atoms with Gasteiger partial charge in [-0.15, -0.1) is 0 Å². The Kier molecular flexibility index (Phi) is 4.68. The second kappa shape index (κ2) is 6.31. The molecule has 0 saturated carbocycles. The van der Waals surface area contributed by atoms with Gasteiger partial charge in [0.1, 0.15) is 5.15 Å². The number of carbonyl (C=O) groups is 1. The summed E-state index contributed by atoms with van der Waals surface area (Å²) in [7, 11) is 0. The van der Waals surface area contributed by atoms with E-state index in [-0.39, 0.29) is 17.9 Å². The Labute approximate surface area is 130 Å². The lowest BCUT2D eigenvalue weighted by molar-refractivity contribution is -0.119. The zero-order valence-corrected chi connectivity index (χ0v) is 13.3. The highest BCUT2D eigenvalue weighted by Gasteiger charge is 2.19. The summed E-state index contributed by atoms with van der Waals surface area (Å²) < 4.78 is 0. The van der Waals surface area contributed by atoms with E-state index in [4.69, 9.17) is 11.6 Å². The van der Waals surface area contributed by atoms with Crippen LogP contribution in [0, 0.1) is 0 Å². The second-order valence-electron chi connectivity index (χ2n) is 5.98. The Bertz CT molecular complexity index is 587. The zero-order valence-electron chi connectivity index (χ0n) is 12.6. The van der Waals surface area contributed by atoms with Gasteiger partial charge in [0.05, 0.1) is 6.42 Å². The molecule has 0 saturated heterocycles. The summed E-state index contributed by atoms with van der Waals surface area (Å²) >= 11 is 5.95. The number of rotatable bonds is 3. The van der Waals surface area contributed by atoms with Crippen LogP contribution in [0.25, 0.3) is 0 Å². The fraction of sp³-hybridized carbons (Fsp3) is 0.375. The summed E-state index contributed by atoms with van der Waals surface area (Å²) in [5.74, 6) is -0.0926. The first-order valence-corrected chi connectivity index (χ1v) is 7.28. The molecule has 0 bridgehead atoms. The summed E-state index contributed by atoms with van der Waals surface area (Å²) in [6.07, 6.45) is 7.76. The number of amides is 1. The van der Waals surface area contributed by atoms with Crippen LogP contribution in [0.2, 0.25) is 5.15 Å². The minimum absolute atomic E-state index is 0.0752. The van der Waals surface area contributed by atoms with Crippen molar-refractivity contribution >= 4 is 17.5 Å². The highest BCUT2D eigenvalue weighted by atomic mass is 35.5. The summed E-state index contributed by atoms with van der Waals surface area (Å²) in [5, 5.41) is 3.26. The van der Waals surface area contributed by atoms with Crippen LogP contribution in [0.15, 0.2) is 42.4 Å². The summed E-state index contributed by atoms with van der Waals surface area (Å²) in [6.45, 7) is 7.24. The predicted octanol–water partition coefficient (Wildman–Crippen LogP) is 2.91. The highest BCUT2D eigenvalue weighted by molar-refractivity contribution is 6.30. The van der Waals surface area contributed by atoms with Gasteiger partial charge >= 0.3 is 0 Å². The van der Waals surface area contributed by atoms with Crippen LogP contribution < -0.4 is 5.32 Å². The number of hydrogen-bond donors (Lipinski definition) is 1. The van der Waals surface area contributed by atoms with E-state index in [0.29, 0.717) is 5.15 Å². The molecular formula is C16H20ClN3O. The number of aromatic nitrogens is 1. The first kappa shape index (κ1) is 15.6. The molecule has 1 aromatic heterocycles. The molecule has 1 aliphatic rings. The number of pyridine rings is 1. The van der Waals surface area contributed by atoms with Crippen molar-refractivity contribution in [2.75, 3.05) is 6.54 Å². The third-order valence-corrected chi connectivity index (χ3v) is 3.62. The van der Waals surface area contributed by atoms with Crippen molar-refractivity contribution < 1.29 is 4.79 Å². The van der Waals surface area contributed by atoms with Crippen LogP contribution in [-0.4, -0.2) is 27.9 Å². The van der Waals surface area contributed by atoms with E-state index in [1.807, 2.05) is 18.4 Å². The quantitative estimate of drug-likeness (QED) is 0.873. The van der Waals surface area contributed by atoms with Crippen LogP contribution in [0.1, 0.15) is 26.3 Å². The average molecular weight is 306 g/mol. The van der Waals surface area contributed by atoms with Gasteiger partial charge in [0.25, 0.3) is 0 Å². The number of halogens is 1. The molecular weight excluding hydrogens is 286 g/mol. The molecule has 1 aliphatic heterocycles. The normalized spacial score (nSPS) is 14.9. The van der Waals surface area contributed by atoms with E-state index >= 15 is 0 Å². The molecule has 5 heteroatoms. The van der Waals surface area contributed by atoms with E-state index in [0.717, 1.165) is 17.8 Å². The number of hydrogen-bond acceptors (Lipinski definition) is 3. The van der Waals surface area contributed by atoms with Gasteiger partial charge in [-0.2, -0.15) is 0 Å². The van der Waals surface area contributed by atoms with Crippen molar-refractivity contribution in [3.05, 3.63) is 53.1 Å². The molecule has 1 N–H and O–H groups in total. The molecule has 0 fully saturated rings. The van der Waals surface area contributed by atoms with Gasteiger partial charge in [-0.1, -0.05) is 17.7 Å². The molecule has 0 aromatic carbocycles. The standard InChI is InChI=1S/C16H20ClN3O/c1-16(2,3)20-9-6-13(7-10-20)19-14(21)11-12-5-4-8-18-15(12)17/h4-9H,10-11H2,1-3H3,(H,19,21). The number of allylic oxidation sites excluding steroid dienone is 1. The van der Waals surface area contributed by atoms with Gasteiger partial charge in [0.15, 0.2) is 0 Å². The maximum absolute atomic E-state index is 12.0. The Balaban J connectivity index is 1.92. The smallest absolute Gasteiger partial charge is 0.228 e. The van der Waals surface area contributed by atoms with E-state index in [1.165, 1.54) is 0 Å². The highest BCUT2D eigenvalue weighted by Crippen LogP contribution is 2.17. The predicted molar refractivity (Wildman–Crippen MR) is 84.8 cm³/mol. The van der Waals surface area contributed by atoms with Gasteiger partial charge in [0.2, 0.25) is 5.91 Å². The first-order valence-electron chi connectivity index (χ1n) is 6.90. The molecule has 0 unspecified atom stereocenters. The Morgan fingerprint density at radius 2 is 2.24 bits per heavy atom.